The fourth-order valence-electron chi connectivity index (χ4n) is 2.34. The number of nitrogens with one attached hydrogen (secondary N) is 2. The number of nitrogens with zero attached hydrogens (tertiary/aromatic N) is 1. The van der Waals surface area contributed by atoms with Crippen LogP contribution >= 0.6 is 11.6 Å². The first-order valence-electron chi connectivity index (χ1n) is 5.75. The van der Waals surface area contributed by atoms with E-state index in [4.69, 9.17) is 17.3 Å². The van der Waals surface area contributed by atoms with E-state index in [0.717, 1.165) is 17.1 Å². The van der Waals surface area contributed by atoms with Crippen molar-refractivity contribution >= 4 is 11.6 Å². The first kappa shape index (κ1) is 12.8. The number of hydrogen-bond acceptors (Lipinski definition) is 4. The summed E-state index contributed by atoms with van der Waals surface area (Å²) in [7, 11) is 4.10. The Bertz CT molecular complexity index is 383. The van der Waals surface area contributed by atoms with Crippen LogP contribution in [0.5, 0.6) is 0 Å². The number of nitrogens with two attached hydrogens (primary N) is 1. The van der Waals surface area contributed by atoms with E-state index in [0.29, 0.717) is 0 Å². The lowest BCUT2D eigenvalue weighted by atomic mass is 9.90. The van der Waals surface area contributed by atoms with Crippen molar-refractivity contribution < 1.29 is 0 Å². The van der Waals surface area contributed by atoms with Gasteiger partial charge in [-0.15, -0.1) is 0 Å². The molecule has 0 amide bonds. The van der Waals surface area contributed by atoms with Gasteiger partial charge in [0.25, 0.3) is 0 Å². The Morgan fingerprint density at radius 2 is 2.00 bits per heavy atom. The minimum atomic E-state index is -0.111. The zero-order valence-electron chi connectivity index (χ0n) is 10.2. The van der Waals surface area contributed by atoms with Crippen LogP contribution in [0, 0.1) is 0 Å². The average Bonchev–Trinajstić information content (AvgIpc) is 2.60. The van der Waals surface area contributed by atoms with E-state index in [2.05, 4.69) is 29.8 Å². The van der Waals surface area contributed by atoms with Crippen molar-refractivity contribution in [1.29, 1.82) is 0 Å². The van der Waals surface area contributed by atoms with Crippen LogP contribution in [0.1, 0.15) is 11.5 Å². The number of hydrazine groups is 1. The molecule has 1 heterocycles. The predicted octanol–water partition coefficient (Wildman–Crippen LogP) is 0.746. The average molecular weight is 255 g/mol. The Hall–Kier alpha value is -0.650. The molecule has 3 atom stereocenters. The second-order valence-corrected chi connectivity index (χ2v) is 5.14. The smallest absolute Gasteiger partial charge is 0.0765 e. The van der Waals surface area contributed by atoms with Gasteiger partial charge in [-0.3, -0.25) is 5.43 Å². The third kappa shape index (κ3) is 2.78. The van der Waals surface area contributed by atoms with Crippen molar-refractivity contribution in [1.82, 2.24) is 15.8 Å². The molecular formula is C12H19ClN4. The summed E-state index contributed by atoms with van der Waals surface area (Å²) in [6, 6.07) is 8.16. The van der Waals surface area contributed by atoms with E-state index in [-0.39, 0.29) is 18.1 Å². The molecule has 0 spiro atoms. The minimum absolute atomic E-state index is 0.111. The molecule has 1 aliphatic heterocycles. The molecule has 4 nitrogen and oxygen atoms in total. The van der Waals surface area contributed by atoms with Gasteiger partial charge < -0.3 is 10.6 Å². The molecule has 0 aliphatic carbocycles. The molecule has 2 rings (SSSR count). The zero-order chi connectivity index (χ0) is 12.4. The van der Waals surface area contributed by atoms with Gasteiger partial charge in [-0.05, 0) is 25.7 Å². The first-order chi connectivity index (χ1) is 8.09. The summed E-state index contributed by atoms with van der Waals surface area (Å²) < 4.78 is 0. The van der Waals surface area contributed by atoms with Crippen molar-refractivity contribution in [3.63, 3.8) is 0 Å². The third-order valence-electron chi connectivity index (χ3n) is 3.08. The van der Waals surface area contributed by atoms with Crippen LogP contribution in [0.25, 0.3) is 0 Å². The van der Waals surface area contributed by atoms with Crippen molar-refractivity contribution in [3.8, 4) is 0 Å². The van der Waals surface area contributed by atoms with Gasteiger partial charge in [0.05, 0.1) is 6.17 Å². The number of halogens is 1. The van der Waals surface area contributed by atoms with Crippen molar-refractivity contribution in [2.24, 2.45) is 5.73 Å². The van der Waals surface area contributed by atoms with Gasteiger partial charge in [-0.2, -0.15) is 0 Å². The molecule has 1 aliphatic rings. The highest BCUT2D eigenvalue weighted by Gasteiger charge is 2.35. The maximum atomic E-state index is 6.25. The Kier molecular flexibility index (Phi) is 4.01. The van der Waals surface area contributed by atoms with Crippen molar-refractivity contribution in [2.45, 2.75) is 18.1 Å². The molecule has 4 N–H and O–H groups in total. The fourth-order valence-corrected chi connectivity index (χ4v) is 2.60. The van der Waals surface area contributed by atoms with E-state index >= 15 is 0 Å². The molecule has 3 unspecified atom stereocenters. The van der Waals surface area contributed by atoms with Crippen LogP contribution in [0.15, 0.2) is 24.3 Å². The van der Waals surface area contributed by atoms with Gasteiger partial charge >= 0.3 is 0 Å². The van der Waals surface area contributed by atoms with Crippen LogP contribution in [0.4, 0.5) is 0 Å². The predicted molar refractivity (Wildman–Crippen MR) is 70.8 cm³/mol. The summed E-state index contributed by atoms with van der Waals surface area (Å²) in [5.74, 6) is 0.186. The van der Waals surface area contributed by atoms with Crippen LogP contribution in [-0.4, -0.2) is 37.7 Å². The van der Waals surface area contributed by atoms with Gasteiger partial charge in [0.2, 0.25) is 0 Å². The fraction of sp³-hybridized carbons (Fsp3) is 0.500. The SMILES string of the molecule is CN(C)CC1NNC(N)C1c1ccccc1Cl. The number of rotatable bonds is 3. The summed E-state index contributed by atoms with van der Waals surface area (Å²) >= 11 is 6.25. The van der Waals surface area contributed by atoms with Gasteiger partial charge in [-0.1, -0.05) is 29.8 Å². The van der Waals surface area contributed by atoms with Crippen LogP contribution in [-0.2, 0) is 0 Å². The Morgan fingerprint density at radius 1 is 1.29 bits per heavy atom. The highest BCUT2D eigenvalue weighted by atomic mass is 35.5. The van der Waals surface area contributed by atoms with Crippen molar-refractivity contribution in [3.05, 3.63) is 34.9 Å². The second kappa shape index (κ2) is 5.33. The lowest BCUT2D eigenvalue weighted by Crippen LogP contribution is -2.40. The number of hydrogen-bond donors (Lipinski definition) is 3. The van der Waals surface area contributed by atoms with Gasteiger partial charge in [0.1, 0.15) is 0 Å². The van der Waals surface area contributed by atoms with E-state index in [1.54, 1.807) is 0 Å². The lowest BCUT2D eigenvalue weighted by molar-refractivity contribution is 0.337. The molecular weight excluding hydrogens is 236 g/mol. The summed E-state index contributed by atoms with van der Waals surface area (Å²) in [6.07, 6.45) is -0.111. The highest BCUT2D eigenvalue weighted by molar-refractivity contribution is 6.31. The summed E-state index contributed by atoms with van der Waals surface area (Å²) in [5.41, 5.74) is 13.5. The summed E-state index contributed by atoms with van der Waals surface area (Å²) in [6.45, 7) is 0.913. The van der Waals surface area contributed by atoms with Crippen LogP contribution in [0.3, 0.4) is 0 Å². The summed E-state index contributed by atoms with van der Waals surface area (Å²) in [4.78, 5) is 2.14. The van der Waals surface area contributed by atoms with E-state index in [1.165, 1.54) is 0 Å². The summed E-state index contributed by atoms with van der Waals surface area (Å²) in [5, 5.41) is 0.780. The van der Waals surface area contributed by atoms with Gasteiger partial charge in [0, 0.05) is 23.5 Å². The normalized spacial score (nSPS) is 28.9. The molecule has 0 radical (unpaired) electrons. The largest absolute Gasteiger partial charge is 0.314 e. The topological polar surface area (TPSA) is 53.3 Å². The molecule has 0 aromatic heterocycles. The maximum absolute atomic E-state index is 6.25. The standard InChI is InChI=1S/C12H19ClN4/c1-17(2)7-10-11(12(14)16-15-10)8-5-3-4-6-9(8)13/h3-6,10-12,15-16H,7,14H2,1-2H3. The molecule has 1 saturated heterocycles. The lowest BCUT2D eigenvalue weighted by Gasteiger charge is -2.24. The monoisotopic (exact) mass is 254 g/mol. The van der Waals surface area contributed by atoms with Crippen LogP contribution < -0.4 is 16.6 Å². The van der Waals surface area contributed by atoms with Crippen molar-refractivity contribution in [2.75, 3.05) is 20.6 Å². The second-order valence-electron chi connectivity index (χ2n) is 4.73. The van der Waals surface area contributed by atoms with Gasteiger partial charge in [-0.25, -0.2) is 5.43 Å². The van der Waals surface area contributed by atoms with Crippen LogP contribution in [0.2, 0.25) is 5.02 Å². The van der Waals surface area contributed by atoms with E-state index < -0.39 is 0 Å². The molecule has 94 valence electrons. The maximum Gasteiger partial charge on any atom is 0.0765 e. The third-order valence-corrected chi connectivity index (χ3v) is 3.43. The molecule has 17 heavy (non-hydrogen) atoms. The Balaban J connectivity index is 2.24. The molecule has 5 heteroatoms. The number of benzene rings is 1. The Labute approximate surface area is 107 Å². The highest BCUT2D eigenvalue weighted by Crippen LogP contribution is 2.30. The minimum Gasteiger partial charge on any atom is -0.314 e. The molecule has 1 aromatic carbocycles. The molecule has 1 aromatic rings. The van der Waals surface area contributed by atoms with E-state index in [1.807, 2.05) is 24.3 Å². The number of likely N-dealkylation sites (N-methyl/N-ethyl adjacent to an activating group) is 1. The van der Waals surface area contributed by atoms with Gasteiger partial charge in [0.15, 0.2) is 0 Å². The molecule has 0 saturated carbocycles. The zero-order valence-corrected chi connectivity index (χ0v) is 10.9. The quantitative estimate of drug-likeness (QED) is 0.745. The first-order valence-corrected chi connectivity index (χ1v) is 6.13. The molecule has 1 fully saturated rings. The van der Waals surface area contributed by atoms with E-state index in [9.17, 15) is 0 Å². The molecule has 0 bridgehead atoms. The Morgan fingerprint density at radius 3 is 2.65 bits per heavy atom.